The molecule has 3 aliphatic rings. The van der Waals surface area contributed by atoms with Crippen LogP contribution in [-0.2, 0) is 37.4 Å². The van der Waals surface area contributed by atoms with Crippen molar-refractivity contribution in [2.75, 3.05) is 91.8 Å². The number of benzene rings is 2. The van der Waals surface area contributed by atoms with Crippen LogP contribution in [0.3, 0.4) is 0 Å². The molecular weight excluding hydrogens is 789 g/mol. The highest BCUT2D eigenvalue weighted by atomic mass is 16.5. The predicted molar refractivity (Wildman–Crippen MR) is 223 cm³/mol. The van der Waals surface area contributed by atoms with Gasteiger partial charge in [0.1, 0.15) is 24.1 Å². The summed E-state index contributed by atoms with van der Waals surface area (Å²) in [6.07, 6.45) is 5.22. The summed E-state index contributed by atoms with van der Waals surface area (Å²) in [5, 5.41) is 9.39. The SMILES string of the molecule is COc1cc(-c2cn(C)c(=O)c3cnccc23)cc(OC)c1CN1CCN(CCOCCOCC(=O)NCCNc2cccc3c2C(=O)N(C2CCC(=O)NC2=O)C3=O)CC1. The van der Waals surface area contributed by atoms with Gasteiger partial charge in [-0.2, -0.15) is 0 Å². The number of piperidine rings is 1. The van der Waals surface area contributed by atoms with Crippen LogP contribution in [0.25, 0.3) is 21.9 Å². The number of amides is 5. The third-order valence-electron chi connectivity index (χ3n) is 11.1. The predicted octanol–water partition coefficient (Wildman–Crippen LogP) is 1.40. The smallest absolute Gasteiger partial charge is 0.264 e. The molecule has 1 unspecified atom stereocenters. The van der Waals surface area contributed by atoms with Gasteiger partial charge >= 0.3 is 0 Å². The molecule has 4 aromatic rings. The van der Waals surface area contributed by atoms with E-state index in [1.165, 1.54) is 6.07 Å². The molecule has 3 aliphatic heterocycles. The molecule has 0 bridgehead atoms. The van der Waals surface area contributed by atoms with Crippen LogP contribution < -0.4 is 31.0 Å². The standard InChI is InChI=1S/C43H50N8O10/c1-48-24-31(28-9-10-44-23-30(28)41(48)55)27-21-35(58-2)32(36(22-27)59-3)25-50-15-13-49(14-16-50)17-18-60-19-20-61-26-38(53)46-12-11-45-33-6-4-5-29-39(33)43(57)51(42(29)56)34-7-8-37(52)47-40(34)54/h4-6,9-10,21-24,34,45H,7-8,11-20,25-26H2,1-3H3,(H,46,53)(H,47,52,54). The molecule has 1 atom stereocenters. The lowest BCUT2D eigenvalue weighted by Crippen LogP contribution is -2.54. The maximum absolute atomic E-state index is 13.3. The summed E-state index contributed by atoms with van der Waals surface area (Å²) < 4.78 is 24.6. The molecular formula is C43H50N8O10. The van der Waals surface area contributed by atoms with Crippen molar-refractivity contribution in [3.05, 3.63) is 82.0 Å². The van der Waals surface area contributed by atoms with E-state index < -0.39 is 29.7 Å². The number of rotatable bonds is 18. The average Bonchev–Trinajstić information content (AvgIpc) is 3.52. The first-order chi connectivity index (χ1) is 29.6. The molecule has 0 saturated carbocycles. The summed E-state index contributed by atoms with van der Waals surface area (Å²) in [6, 6.07) is 9.60. The highest BCUT2D eigenvalue weighted by Gasteiger charge is 2.45. The number of hydrogen-bond donors (Lipinski definition) is 3. The zero-order valence-corrected chi connectivity index (χ0v) is 34.5. The Morgan fingerprint density at radius 3 is 2.34 bits per heavy atom. The van der Waals surface area contributed by atoms with Crippen LogP contribution in [0.2, 0.25) is 0 Å². The van der Waals surface area contributed by atoms with E-state index in [2.05, 4.69) is 30.7 Å². The van der Waals surface area contributed by atoms with Crippen molar-refractivity contribution in [1.82, 2.24) is 34.9 Å². The number of ether oxygens (including phenoxy) is 4. The zero-order chi connectivity index (χ0) is 43.0. The molecule has 3 N–H and O–H groups in total. The van der Waals surface area contributed by atoms with Crippen LogP contribution >= 0.6 is 0 Å². The van der Waals surface area contributed by atoms with Gasteiger partial charge in [-0.3, -0.25) is 53.8 Å². The largest absolute Gasteiger partial charge is 0.496 e. The van der Waals surface area contributed by atoms with E-state index in [1.54, 1.807) is 50.4 Å². The fourth-order valence-corrected chi connectivity index (χ4v) is 7.92. The van der Waals surface area contributed by atoms with Crippen LogP contribution in [0.4, 0.5) is 5.69 Å². The van der Waals surface area contributed by atoms with Gasteiger partial charge in [-0.15, -0.1) is 0 Å². The van der Waals surface area contributed by atoms with Crippen molar-refractivity contribution in [3.63, 3.8) is 0 Å². The number of carbonyl (C=O) groups excluding carboxylic acids is 5. The van der Waals surface area contributed by atoms with Crippen molar-refractivity contribution in [2.45, 2.75) is 25.4 Å². The molecule has 18 heteroatoms. The maximum atomic E-state index is 13.3. The second-order valence-electron chi connectivity index (χ2n) is 15.0. The first-order valence-corrected chi connectivity index (χ1v) is 20.2. The van der Waals surface area contributed by atoms with Crippen molar-refractivity contribution < 1.29 is 42.9 Å². The lowest BCUT2D eigenvalue weighted by atomic mass is 9.99. The molecule has 2 aromatic carbocycles. The molecule has 0 aliphatic carbocycles. The second kappa shape index (κ2) is 19.4. The molecule has 5 amide bonds. The Morgan fingerprint density at radius 1 is 0.869 bits per heavy atom. The van der Waals surface area contributed by atoms with E-state index in [4.69, 9.17) is 18.9 Å². The highest BCUT2D eigenvalue weighted by Crippen LogP contribution is 2.38. The summed E-state index contributed by atoms with van der Waals surface area (Å²) in [6.45, 7) is 6.38. The lowest BCUT2D eigenvalue weighted by molar-refractivity contribution is -0.136. The molecule has 2 aromatic heterocycles. The fourth-order valence-electron chi connectivity index (χ4n) is 7.92. The number of pyridine rings is 2. The Kier molecular flexibility index (Phi) is 13.7. The number of hydrogen-bond acceptors (Lipinski definition) is 14. The van der Waals surface area contributed by atoms with E-state index in [1.807, 2.05) is 24.4 Å². The molecule has 322 valence electrons. The molecule has 0 radical (unpaired) electrons. The lowest BCUT2D eigenvalue weighted by Gasteiger charge is -2.35. The molecule has 5 heterocycles. The minimum absolute atomic E-state index is 0.0394. The molecule has 61 heavy (non-hydrogen) atoms. The van der Waals surface area contributed by atoms with Crippen LogP contribution in [-0.4, -0.2) is 146 Å². The Labute approximate surface area is 352 Å². The monoisotopic (exact) mass is 838 g/mol. The van der Waals surface area contributed by atoms with Crippen molar-refractivity contribution in [1.29, 1.82) is 0 Å². The third-order valence-corrected chi connectivity index (χ3v) is 11.1. The minimum Gasteiger partial charge on any atom is -0.496 e. The summed E-state index contributed by atoms with van der Waals surface area (Å²) in [4.78, 5) is 85.1. The van der Waals surface area contributed by atoms with Crippen LogP contribution in [0.5, 0.6) is 11.5 Å². The normalized spacial score (nSPS) is 17.1. The van der Waals surface area contributed by atoms with Crippen LogP contribution in [0.1, 0.15) is 39.1 Å². The van der Waals surface area contributed by atoms with Gasteiger partial charge in [0.15, 0.2) is 0 Å². The number of nitrogens with one attached hydrogen (secondary N) is 3. The Bertz CT molecular complexity index is 2350. The van der Waals surface area contributed by atoms with Gasteiger partial charge in [0.05, 0.1) is 56.1 Å². The molecule has 0 spiro atoms. The summed E-state index contributed by atoms with van der Waals surface area (Å²) in [5.74, 6) is -1.18. The number of methoxy groups -OCH3 is 2. The van der Waals surface area contributed by atoms with Crippen molar-refractivity contribution in [2.24, 2.45) is 7.05 Å². The second-order valence-corrected chi connectivity index (χ2v) is 15.0. The van der Waals surface area contributed by atoms with Gasteiger partial charge in [0.25, 0.3) is 17.4 Å². The third kappa shape index (κ3) is 9.57. The number of fused-ring (bicyclic) bond motifs is 2. The van der Waals surface area contributed by atoms with E-state index in [0.717, 1.165) is 59.7 Å². The number of imide groups is 2. The van der Waals surface area contributed by atoms with Gasteiger partial charge in [-0.25, -0.2) is 0 Å². The Hall–Kier alpha value is -6.21. The van der Waals surface area contributed by atoms with Crippen LogP contribution in [0, 0.1) is 0 Å². The van der Waals surface area contributed by atoms with Gasteiger partial charge in [-0.05, 0) is 47.7 Å². The maximum Gasteiger partial charge on any atom is 0.264 e. The topological polar surface area (TPSA) is 203 Å². The number of aromatic nitrogens is 2. The van der Waals surface area contributed by atoms with Gasteiger partial charge in [-0.1, -0.05) is 6.07 Å². The van der Waals surface area contributed by atoms with E-state index in [9.17, 15) is 28.8 Å². The van der Waals surface area contributed by atoms with E-state index >= 15 is 0 Å². The number of carbonyl (C=O) groups is 5. The fraction of sp³-hybridized carbons (Fsp3) is 0.419. The summed E-state index contributed by atoms with van der Waals surface area (Å²) >= 11 is 0. The molecule has 2 saturated heterocycles. The Balaban J connectivity index is 0.779. The zero-order valence-electron chi connectivity index (χ0n) is 34.5. The van der Waals surface area contributed by atoms with Crippen molar-refractivity contribution in [3.8, 4) is 22.6 Å². The van der Waals surface area contributed by atoms with E-state index in [-0.39, 0.29) is 61.7 Å². The van der Waals surface area contributed by atoms with Crippen molar-refractivity contribution >= 4 is 46.0 Å². The van der Waals surface area contributed by atoms with Gasteiger partial charge in [0.2, 0.25) is 17.7 Å². The quantitative estimate of drug-likeness (QED) is 0.0959. The average molecular weight is 839 g/mol. The minimum atomic E-state index is -1.05. The van der Waals surface area contributed by atoms with E-state index in [0.29, 0.717) is 42.3 Å². The summed E-state index contributed by atoms with van der Waals surface area (Å²) in [7, 11) is 5.04. The molecule has 18 nitrogen and oxygen atoms in total. The first kappa shape index (κ1) is 42.9. The number of aryl methyl sites for hydroxylation is 1. The molecule has 7 rings (SSSR count). The number of nitrogens with zero attached hydrogens (tertiary/aromatic N) is 5. The highest BCUT2D eigenvalue weighted by molar-refractivity contribution is 6.25. The number of anilines is 1. The first-order valence-electron chi connectivity index (χ1n) is 20.2. The van der Waals surface area contributed by atoms with Gasteiger partial charge < -0.3 is 34.1 Å². The number of piperazine rings is 1. The molecule has 2 fully saturated rings. The van der Waals surface area contributed by atoms with Gasteiger partial charge in [0, 0.05) is 95.7 Å². The summed E-state index contributed by atoms with van der Waals surface area (Å²) in [5.41, 5.74) is 3.35. The van der Waals surface area contributed by atoms with Crippen LogP contribution in [0.15, 0.2) is 59.8 Å². The Morgan fingerprint density at radius 2 is 1.61 bits per heavy atom.